The van der Waals surface area contributed by atoms with Crippen LogP contribution in [-0.2, 0) is 11.2 Å². The molecule has 0 unspecified atom stereocenters. The molecule has 0 fully saturated rings. The second-order valence-corrected chi connectivity index (χ2v) is 3.72. The predicted octanol–water partition coefficient (Wildman–Crippen LogP) is 2.20. The van der Waals surface area contributed by atoms with Crippen molar-refractivity contribution >= 4 is 12.0 Å². The number of carboxylic acids is 1. The van der Waals surface area contributed by atoms with Crippen molar-refractivity contribution < 1.29 is 14.3 Å². The lowest BCUT2D eigenvalue weighted by atomic mass is 10.1. The molecule has 0 atom stereocenters. The Labute approximate surface area is 99.8 Å². The maximum absolute atomic E-state index is 13.6. The molecule has 0 saturated heterocycles. The van der Waals surface area contributed by atoms with Gasteiger partial charge < -0.3 is 10.8 Å². The van der Waals surface area contributed by atoms with Crippen LogP contribution in [0.4, 0.5) is 4.39 Å². The van der Waals surface area contributed by atoms with Crippen LogP contribution in [0.15, 0.2) is 24.3 Å². The standard InChI is InChI=1S/C13H16FNO2/c14-12-9-10(3-1-2-8-15)4-5-11(12)6-7-13(16)17/h1,3-5,9H,2,6-8,15H2,(H,16,17). The highest BCUT2D eigenvalue weighted by Gasteiger charge is 2.05. The summed E-state index contributed by atoms with van der Waals surface area (Å²) >= 11 is 0. The quantitative estimate of drug-likeness (QED) is 0.797. The van der Waals surface area contributed by atoms with E-state index in [1.54, 1.807) is 18.2 Å². The van der Waals surface area contributed by atoms with Gasteiger partial charge in [0.1, 0.15) is 5.82 Å². The molecule has 1 aromatic carbocycles. The number of aliphatic carboxylic acids is 1. The molecule has 0 aliphatic carbocycles. The number of nitrogens with two attached hydrogens (primary N) is 1. The minimum absolute atomic E-state index is 0.0563. The molecule has 17 heavy (non-hydrogen) atoms. The highest BCUT2D eigenvalue weighted by Crippen LogP contribution is 2.13. The third-order valence-corrected chi connectivity index (χ3v) is 2.33. The van der Waals surface area contributed by atoms with Crippen LogP contribution in [0.2, 0.25) is 0 Å². The molecular formula is C13H16FNO2. The van der Waals surface area contributed by atoms with E-state index in [1.165, 1.54) is 6.07 Å². The third-order valence-electron chi connectivity index (χ3n) is 2.33. The second kappa shape index (κ2) is 6.81. The summed E-state index contributed by atoms with van der Waals surface area (Å²) in [6.07, 6.45) is 4.60. The Bertz CT molecular complexity index is 416. The van der Waals surface area contributed by atoms with Gasteiger partial charge in [-0.25, -0.2) is 4.39 Å². The van der Waals surface area contributed by atoms with Crippen LogP contribution >= 0.6 is 0 Å². The molecule has 0 saturated carbocycles. The van der Waals surface area contributed by atoms with Gasteiger partial charge in [-0.1, -0.05) is 24.3 Å². The van der Waals surface area contributed by atoms with Gasteiger partial charge in [-0.2, -0.15) is 0 Å². The summed E-state index contributed by atoms with van der Waals surface area (Å²) in [6, 6.07) is 4.80. The minimum atomic E-state index is -0.920. The van der Waals surface area contributed by atoms with Crippen molar-refractivity contribution in [3.63, 3.8) is 0 Å². The average molecular weight is 237 g/mol. The van der Waals surface area contributed by atoms with Crippen molar-refractivity contribution in [2.24, 2.45) is 5.73 Å². The van der Waals surface area contributed by atoms with Gasteiger partial charge in [0.15, 0.2) is 0 Å². The fraction of sp³-hybridized carbons (Fsp3) is 0.308. The Kier molecular flexibility index (Phi) is 5.36. The predicted molar refractivity (Wildman–Crippen MR) is 65.1 cm³/mol. The van der Waals surface area contributed by atoms with Crippen LogP contribution in [0.1, 0.15) is 24.0 Å². The summed E-state index contributed by atoms with van der Waals surface area (Å²) in [6.45, 7) is 0.565. The number of benzene rings is 1. The van der Waals surface area contributed by atoms with Crippen LogP contribution < -0.4 is 5.73 Å². The van der Waals surface area contributed by atoms with E-state index in [0.717, 1.165) is 12.0 Å². The number of halogens is 1. The molecule has 92 valence electrons. The molecule has 0 aliphatic heterocycles. The van der Waals surface area contributed by atoms with E-state index in [2.05, 4.69) is 0 Å². The molecule has 1 aromatic rings. The summed E-state index contributed by atoms with van der Waals surface area (Å²) in [7, 11) is 0. The van der Waals surface area contributed by atoms with E-state index < -0.39 is 5.97 Å². The molecule has 0 spiro atoms. The van der Waals surface area contributed by atoms with Gasteiger partial charge >= 0.3 is 5.97 Å². The second-order valence-electron chi connectivity index (χ2n) is 3.72. The fourth-order valence-corrected chi connectivity index (χ4v) is 1.43. The first-order chi connectivity index (χ1) is 8.13. The Morgan fingerprint density at radius 3 is 2.82 bits per heavy atom. The van der Waals surface area contributed by atoms with Gasteiger partial charge in [0.2, 0.25) is 0 Å². The number of hydrogen-bond donors (Lipinski definition) is 2. The molecule has 0 heterocycles. The summed E-state index contributed by atoms with van der Waals surface area (Å²) in [4.78, 5) is 10.4. The fourth-order valence-electron chi connectivity index (χ4n) is 1.43. The Morgan fingerprint density at radius 2 is 2.24 bits per heavy atom. The Balaban J connectivity index is 2.68. The van der Waals surface area contributed by atoms with Crippen LogP contribution in [0.5, 0.6) is 0 Å². The van der Waals surface area contributed by atoms with Crippen LogP contribution in [0.3, 0.4) is 0 Å². The Morgan fingerprint density at radius 1 is 1.47 bits per heavy atom. The van der Waals surface area contributed by atoms with Crippen LogP contribution in [0.25, 0.3) is 6.08 Å². The summed E-state index contributed by atoms with van der Waals surface area (Å²) in [5, 5.41) is 8.52. The van der Waals surface area contributed by atoms with Gasteiger partial charge in [0.05, 0.1) is 0 Å². The first kappa shape index (κ1) is 13.4. The number of hydrogen-bond acceptors (Lipinski definition) is 2. The summed E-state index contributed by atoms with van der Waals surface area (Å²) < 4.78 is 13.6. The van der Waals surface area contributed by atoms with E-state index in [9.17, 15) is 9.18 Å². The molecule has 0 aromatic heterocycles. The normalized spacial score (nSPS) is 10.9. The highest BCUT2D eigenvalue weighted by atomic mass is 19.1. The van der Waals surface area contributed by atoms with Crippen molar-refractivity contribution in [1.82, 2.24) is 0 Å². The SMILES string of the molecule is NCCC=Cc1ccc(CCC(=O)O)c(F)c1. The van der Waals surface area contributed by atoms with Crippen LogP contribution in [0, 0.1) is 5.82 Å². The van der Waals surface area contributed by atoms with Crippen molar-refractivity contribution in [1.29, 1.82) is 0 Å². The van der Waals surface area contributed by atoms with E-state index in [-0.39, 0.29) is 18.7 Å². The van der Waals surface area contributed by atoms with E-state index >= 15 is 0 Å². The zero-order valence-corrected chi connectivity index (χ0v) is 9.53. The van der Waals surface area contributed by atoms with Crippen molar-refractivity contribution in [2.75, 3.05) is 6.54 Å². The number of rotatable bonds is 6. The molecule has 3 nitrogen and oxygen atoms in total. The van der Waals surface area contributed by atoms with Crippen molar-refractivity contribution in [2.45, 2.75) is 19.3 Å². The zero-order chi connectivity index (χ0) is 12.7. The largest absolute Gasteiger partial charge is 0.481 e. The Hall–Kier alpha value is -1.68. The lowest BCUT2D eigenvalue weighted by molar-refractivity contribution is -0.136. The zero-order valence-electron chi connectivity index (χ0n) is 9.53. The summed E-state index contributed by atoms with van der Waals surface area (Å²) in [5.74, 6) is -1.28. The van der Waals surface area contributed by atoms with Gasteiger partial charge in [-0.15, -0.1) is 0 Å². The van der Waals surface area contributed by atoms with Gasteiger partial charge in [-0.3, -0.25) is 4.79 Å². The van der Waals surface area contributed by atoms with Gasteiger partial charge in [0.25, 0.3) is 0 Å². The maximum Gasteiger partial charge on any atom is 0.303 e. The smallest absolute Gasteiger partial charge is 0.303 e. The van der Waals surface area contributed by atoms with Crippen molar-refractivity contribution in [3.05, 3.63) is 41.2 Å². The molecule has 0 bridgehead atoms. The van der Waals surface area contributed by atoms with Crippen molar-refractivity contribution in [3.8, 4) is 0 Å². The minimum Gasteiger partial charge on any atom is -0.481 e. The highest BCUT2D eigenvalue weighted by molar-refractivity contribution is 5.67. The number of carbonyl (C=O) groups is 1. The lowest BCUT2D eigenvalue weighted by Gasteiger charge is -2.02. The average Bonchev–Trinajstić information content (AvgIpc) is 2.28. The van der Waals surface area contributed by atoms with Gasteiger partial charge in [-0.05, 0) is 36.6 Å². The molecule has 0 radical (unpaired) electrons. The molecular weight excluding hydrogens is 221 g/mol. The summed E-state index contributed by atoms with van der Waals surface area (Å²) in [5.41, 5.74) is 6.53. The van der Waals surface area contributed by atoms with E-state index in [1.807, 2.05) is 6.08 Å². The number of carboxylic acid groups (broad SMARTS) is 1. The van der Waals surface area contributed by atoms with Gasteiger partial charge in [0, 0.05) is 6.42 Å². The lowest BCUT2D eigenvalue weighted by Crippen LogP contribution is -1.99. The number of aryl methyl sites for hydroxylation is 1. The molecule has 1 rings (SSSR count). The first-order valence-electron chi connectivity index (χ1n) is 5.50. The molecule has 4 heteroatoms. The molecule has 0 aliphatic rings. The van der Waals surface area contributed by atoms with E-state index in [4.69, 9.17) is 10.8 Å². The third kappa shape index (κ3) is 4.78. The topological polar surface area (TPSA) is 63.3 Å². The first-order valence-corrected chi connectivity index (χ1v) is 5.50. The maximum atomic E-state index is 13.6. The molecule has 0 amide bonds. The van der Waals surface area contributed by atoms with E-state index in [0.29, 0.717) is 12.1 Å². The van der Waals surface area contributed by atoms with Crippen LogP contribution in [-0.4, -0.2) is 17.6 Å². The molecule has 3 N–H and O–H groups in total. The monoisotopic (exact) mass is 237 g/mol.